The van der Waals surface area contributed by atoms with Gasteiger partial charge in [-0.2, -0.15) is 0 Å². The molecule has 0 bridgehead atoms. The van der Waals surface area contributed by atoms with E-state index in [9.17, 15) is 19.7 Å². The highest BCUT2D eigenvalue weighted by atomic mass is 79.9. The van der Waals surface area contributed by atoms with Crippen LogP contribution in [-0.4, -0.2) is 37.5 Å². The zero-order valence-electron chi connectivity index (χ0n) is 10.8. The van der Waals surface area contributed by atoms with E-state index in [1.807, 2.05) is 0 Å². The molecule has 1 aromatic rings. The zero-order valence-corrected chi connectivity index (χ0v) is 12.3. The predicted molar refractivity (Wildman–Crippen MR) is 74.6 cm³/mol. The number of nitro benzene ring substituents is 1. The molecular weight excluding hydrogens is 334 g/mol. The molecule has 9 heteroatoms. The minimum atomic E-state index is -0.749. The molecule has 0 radical (unpaired) electrons. The number of hydrogen-bond acceptors (Lipinski definition) is 6. The molecule has 20 heavy (non-hydrogen) atoms. The summed E-state index contributed by atoms with van der Waals surface area (Å²) in [7, 11) is 2.58. The van der Waals surface area contributed by atoms with Gasteiger partial charge in [0, 0.05) is 17.6 Å². The maximum absolute atomic E-state index is 11.7. The molecule has 0 heterocycles. The Bertz CT molecular complexity index is 575. The fourth-order valence-corrected chi connectivity index (χ4v) is 2.15. The molecule has 8 nitrogen and oxygen atoms in total. The summed E-state index contributed by atoms with van der Waals surface area (Å²) in [5, 5.41) is 11.1. The van der Waals surface area contributed by atoms with Crippen LogP contribution < -0.4 is 10.6 Å². The summed E-state index contributed by atoms with van der Waals surface area (Å²) in [6, 6.07) is 2.62. The summed E-state index contributed by atoms with van der Waals surface area (Å²) in [5.74, 6) is -1.43. The number of primary amides is 1. The van der Waals surface area contributed by atoms with Crippen molar-refractivity contribution in [2.75, 3.05) is 25.6 Å². The van der Waals surface area contributed by atoms with Crippen molar-refractivity contribution in [3.05, 3.63) is 32.3 Å². The van der Waals surface area contributed by atoms with Gasteiger partial charge in [-0.05, 0) is 6.07 Å². The van der Waals surface area contributed by atoms with E-state index >= 15 is 0 Å². The zero-order chi connectivity index (χ0) is 15.4. The molecule has 0 aliphatic heterocycles. The van der Waals surface area contributed by atoms with Gasteiger partial charge in [0.25, 0.3) is 5.69 Å². The molecule has 108 valence electrons. The Kier molecular flexibility index (Phi) is 5.03. The quantitative estimate of drug-likeness (QED) is 0.484. The van der Waals surface area contributed by atoms with Gasteiger partial charge in [0.1, 0.15) is 5.69 Å². The van der Waals surface area contributed by atoms with Crippen LogP contribution in [0.4, 0.5) is 11.4 Å². The number of anilines is 1. The van der Waals surface area contributed by atoms with Gasteiger partial charge in [-0.25, -0.2) is 4.79 Å². The summed E-state index contributed by atoms with van der Waals surface area (Å²) in [6.45, 7) is -0.271. The number of nitrogens with zero attached hydrogens (tertiary/aromatic N) is 2. The average Bonchev–Trinajstić information content (AvgIpc) is 2.35. The van der Waals surface area contributed by atoms with Gasteiger partial charge < -0.3 is 15.4 Å². The predicted octanol–water partition coefficient (Wildman–Crippen LogP) is 1.07. The van der Waals surface area contributed by atoms with Gasteiger partial charge >= 0.3 is 5.97 Å². The molecule has 0 spiro atoms. The number of ether oxygens (including phenoxy) is 1. The van der Waals surface area contributed by atoms with Crippen molar-refractivity contribution in [1.82, 2.24) is 0 Å². The Labute approximate surface area is 122 Å². The number of nitrogens with two attached hydrogens (primary N) is 1. The first kappa shape index (κ1) is 15.9. The van der Waals surface area contributed by atoms with Crippen LogP contribution in [0.25, 0.3) is 0 Å². The van der Waals surface area contributed by atoms with Crippen molar-refractivity contribution in [2.45, 2.75) is 0 Å². The van der Waals surface area contributed by atoms with E-state index < -0.39 is 16.8 Å². The van der Waals surface area contributed by atoms with E-state index in [0.29, 0.717) is 4.47 Å². The number of esters is 1. The van der Waals surface area contributed by atoms with Crippen LogP contribution in [0.5, 0.6) is 0 Å². The van der Waals surface area contributed by atoms with E-state index in [1.54, 1.807) is 0 Å². The highest BCUT2D eigenvalue weighted by molar-refractivity contribution is 9.10. The molecular formula is C11H12BrN3O5. The minimum Gasteiger partial charge on any atom is -0.465 e. The number of carbonyl (C=O) groups excluding carboxylic acids is 2. The van der Waals surface area contributed by atoms with Crippen molar-refractivity contribution < 1.29 is 19.2 Å². The Hall–Kier alpha value is -2.16. The van der Waals surface area contributed by atoms with Gasteiger partial charge in [-0.15, -0.1) is 0 Å². The fraction of sp³-hybridized carbons (Fsp3) is 0.273. The SMILES string of the molecule is COC(=O)c1cc(Br)cc([N+](=O)[O-])c1N(C)CC(N)=O. The third kappa shape index (κ3) is 3.44. The van der Waals surface area contributed by atoms with Crippen LogP contribution in [0.15, 0.2) is 16.6 Å². The van der Waals surface area contributed by atoms with E-state index in [2.05, 4.69) is 20.7 Å². The second kappa shape index (κ2) is 6.33. The molecule has 0 saturated carbocycles. The first-order valence-electron chi connectivity index (χ1n) is 5.33. The summed E-state index contributed by atoms with van der Waals surface area (Å²) in [6.07, 6.45) is 0. The second-order valence-corrected chi connectivity index (χ2v) is 4.81. The number of rotatable bonds is 5. The number of nitro groups is 1. The number of amides is 1. The van der Waals surface area contributed by atoms with E-state index in [4.69, 9.17) is 5.73 Å². The maximum atomic E-state index is 11.7. The lowest BCUT2D eigenvalue weighted by molar-refractivity contribution is -0.384. The highest BCUT2D eigenvalue weighted by Crippen LogP contribution is 2.35. The maximum Gasteiger partial charge on any atom is 0.340 e. The van der Waals surface area contributed by atoms with Crippen LogP contribution in [0.1, 0.15) is 10.4 Å². The van der Waals surface area contributed by atoms with Crippen LogP contribution in [0.2, 0.25) is 0 Å². The molecule has 1 amide bonds. The van der Waals surface area contributed by atoms with E-state index in [0.717, 1.165) is 7.11 Å². The van der Waals surface area contributed by atoms with Crippen molar-refractivity contribution >= 4 is 39.2 Å². The van der Waals surface area contributed by atoms with Gasteiger partial charge in [0.05, 0.1) is 24.1 Å². The topological polar surface area (TPSA) is 116 Å². The Morgan fingerprint density at radius 2 is 2.10 bits per heavy atom. The van der Waals surface area contributed by atoms with E-state index in [1.165, 1.54) is 24.1 Å². The molecule has 0 atom stereocenters. The summed E-state index contributed by atoms with van der Waals surface area (Å²) in [5.41, 5.74) is 4.69. The summed E-state index contributed by atoms with van der Waals surface area (Å²) < 4.78 is 4.94. The highest BCUT2D eigenvalue weighted by Gasteiger charge is 2.27. The smallest absolute Gasteiger partial charge is 0.340 e. The monoisotopic (exact) mass is 345 g/mol. The van der Waals surface area contributed by atoms with Crippen molar-refractivity contribution in [3.63, 3.8) is 0 Å². The number of likely N-dealkylation sites (N-methyl/N-ethyl adjacent to an activating group) is 1. The first-order valence-corrected chi connectivity index (χ1v) is 6.13. The number of halogens is 1. The largest absolute Gasteiger partial charge is 0.465 e. The van der Waals surface area contributed by atoms with Crippen molar-refractivity contribution in [2.24, 2.45) is 5.73 Å². The molecule has 0 aromatic heterocycles. The first-order chi connectivity index (χ1) is 9.27. The van der Waals surface area contributed by atoms with Gasteiger partial charge in [0.2, 0.25) is 5.91 Å². The van der Waals surface area contributed by atoms with Crippen LogP contribution in [-0.2, 0) is 9.53 Å². The van der Waals surface area contributed by atoms with Crippen molar-refractivity contribution in [1.29, 1.82) is 0 Å². The van der Waals surface area contributed by atoms with Crippen molar-refractivity contribution in [3.8, 4) is 0 Å². The molecule has 0 saturated heterocycles. The molecule has 1 rings (SSSR count). The number of hydrogen-bond donors (Lipinski definition) is 1. The molecule has 1 aromatic carbocycles. The summed E-state index contributed by atoms with van der Waals surface area (Å²) >= 11 is 3.09. The molecule has 0 unspecified atom stereocenters. The third-order valence-electron chi connectivity index (χ3n) is 2.43. The fourth-order valence-electron chi connectivity index (χ4n) is 1.70. The number of methoxy groups -OCH3 is 1. The Balaban J connectivity index is 3.53. The molecule has 0 aliphatic rings. The lowest BCUT2D eigenvalue weighted by Gasteiger charge is -2.20. The molecule has 0 fully saturated rings. The molecule has 0 aliphatic carbocycles. The molecule has 2 N–H and O–H groups in total. The number of carbonyl (C=O) groups is 2. The Morgan fingerprint density at radius 1 is 1.50 bits per heavy atom. The van der Waals surface area contributed by atoms with Gasteiger partial charge in [0.15, 0.2) is 0 Å². The standard InChI is InChI=1S/C11H12BrN3O5/c1-14(5-9(13)16)10-7(11(17)20-2)3-6(12)4-8(10)15(18)19/h3-4H,5H2,1-2H3,(H2,13,16). The van der Waals surface area contributed by atoms with Crippen LogP contribution >= 0.6 is 15.9 Å². The van der Waals surface area contributed by atoms with Crippen LogP contribution in [0, 0.1) is 10.1 Å². The van der Waals surface area contributed by atoms with Gasteiger partial charge in [-0.3, -0.25) is 14.9 Å². The Morgan fingerprint density at radius 3 is 2.55 bits per heavy atom. The lowest BCUT2D eigenvalue weighted by Crippen LogP contribution is -2.32. The minimum absolute atomic E-state index is 0.0242. The van der Waals surface area contributed by atoms with Gasteiger partial charge in [-0.1, -0.05) is 15.9 Å². The summed E-state index contributed by atoms with van der Waals surface area (Å²) in [4.78, 5) is 34.4. The average molecular weight is 346 g/mol. The number of benzene rings is 1. The normalized spacial score (nSPS) is 9.95. The lowest BCUT2D eigenvalue weighted by atomic mass is 10.1. The second-order valence-electron chi connectivity index (χ2n) is 3.89. The third-order valence-corrected chi connectivity index (χ3v) is 2.89. The van der Waals surface area contributed by atoms with E-state index in [-0.39, 0.29) is 23.5 Å². The van der Waals surface area contributed by atoms with Crippen LogP contribution in [0.3, 0.4) is 0 Å².